The number of rotatable bonds is 4. The van der Waals surface area contributed by atoms with Crippen LogP contribution in [0.15, 0.2) is 0 Å². The Labute approximate surface area is 97.3 Å². The molecule has 4 heteroatoms. The normalized spacial score (nSPS) is 23.8. The van der Waals surface area contributed by atoms with Crippen LogP contribution in [0.3, 0.4) is 0 Å². The van der Waals surface area contributed by atoms with E-state index in [1.807, 2.05) is 0 Å². The number of urea groups is 1. The van der Waals surface area contributed by atoms with Gasteiger partial charge in [-0.1, -0.05) is 12.8 Å². The van der Waals surface area contributed by atoms with Crippen LogP contribution in [0.4, 0.5) is 4.79 Å². The van der Waals surface area contributed by atoms with Crippen molar-refractivity contribution in [2.75, 3.05) is 6.54 Å². The van der Waals surface area contributed by atoms with Gasteiger partial charge in [-0.05, 0) is 38.0 Å². The van der Waals surface area contributed by atoms with Gasteiger partial charge in [0.1, 0.15) is 0 Å². The topological polar surface area (TPSA) is 67.1 Å². The van der Waals surface area contributed by atoms with Crippen LogP contribution in [0.25, 0.3) is 0 Å². The Bertz CT molecular complexity index is 234. The first-order chi connectivity index (χ1) is 7.79. The second kappa shape index (κ2) is 5.53. The molecule has 4 N–H and O–H groups in total. The average molecular weight is 225 g/mol. The number of nitrogens with one attached hydrogen (secondary N) is 2. The van der Waals surface area contributed by atoms with Crippen LogP contribution in [-0.2, 0) is 0 Å². The molecule has 2 saturated carbocycles. The van der Waals surface area contributed by atoms with Gasteiger partial charge in [0.05, 0.1) is 0 Å². The Hall–Kier alpha value is -0.770. The lowest BCUT2D eigenvalue weighted by atomic mass is 9.93. The SMILES string of the molecule is NCC(NC(=O)NC1CCC1)C1CCCC1. The molecule has 0 aromatic carbocycles. The number of amides is 2. The molecule has 2 fully saturated rings. The molecule has 0 radical (unpaired) electrons. The zero-order valence-electron chi connectivity index (χ0n) is 9.87. The Morgan fingerprint density at radius 3 is 2.38 bits per heavy atom. The minimum absolute atomic E-state index is 0.0212. The van der Waals surface area contributed by atoms with Crippen LogP contribution in [0, 0.1) is 5.92 Å². The van der Waals surface area contributed by atoms with Crippen molar-refractivity contribution >= 4 is 6.03 Å². The smallest absolute Gasteiger partial charge is 0.315 e. The third kappa shape index (κ3) is 2.88. The molecule has 1 atom stereocenters. The summed E-state index contributed by atoms with van der Waals surface area (Å²) in [5.41, 5.74) is 5.74. The van der Waals surface area contributed by atoms with Crippen LogP contribution in [0.1, 0.15) is 44.9 Å². The summed E-state index contributed by atoms with van der Waals surface area (Å²) in [6.45, 7) is 0.558. The fourth-order valence-corrected chi connectivity index (χ4v) is 2.68. The first kappa shape index (κ1) is 11.7. The molecule has 2 amide bonds. The monoisotopic (exact) mass is 225 g/mol. The van der Waals surface area contributed by atoms with Crippen molar-refractivity contribution in [1.29, 1.82) is 0 Å². The minimum Gasteiger partial charge on any atom is -0.335 e. The molecule has 0 spiro atoms. The van der Waals surface area contributed by atoms with Gasteiger partial charge in [0, 0.05) is 18.6 Å². The van der Waals surface area contributed by atoms with E-state index < -0.39 is 0 Å². The lowest BCUT2D eigenvalue weighted by Gasteiger charge is -2.29. The Kier molecular flexibility index (Phi) is 4.04. The zero-order chi connectivity index (χ0) is 11.4. The van der Waals surface area contributed by atoms with E-state index in [0.29, 0.717) is 18.5 Å². The predicted octanol–water partition coefficient (Wildman–Crippen LogP) is 1.36. The second-order valence-corrected chi connectivity index (χ2v) is 5.13. The highest BCUT2D eigenvalue weighted by molar-refractivity contribution is 5.74. The summed E-state index contributed by atoms with van der Waals surface area (Å²) in [6, 6.07) is 0.552. The average Bonchev–Trinajstić information content (AvgIpc) is 2.73. The molecule has 0 saturated heterocycles. The van der Waals surface area contributed by atoms with E-state index in [4.69, 9.17) is 5.73 Å². The van der Waals surface area contributed by atoms with Crippen molar-refractivity contribution < 1.29 is 4.79 Å². The van der Waals surface area contributed by atoms with Gasteiger partial charge < -0.3 is 16.4 Å². The van der Waals surface area contributed by atoms with Crippen LogP contribution < -0.4 is 16.4 Å². The van der Waals surface area contributed by atoms with Crippen LogP contribution in [0.2, 0.25) is 0 Å². The van der Waals surface area contributed by atoms with Crippen molar-refractivity contribution in [2.45, 2.75) is 57.0 Å². The van der Waals surface area contributed by atoms with Gasteiger partial charge in [0.2, 0.25) is 0 Å². The Balaban J connectivity index is 1.73. The molecule has 2 aliphatic rings. The molecule has 0 aromatic rings. The summed E-state index contributed by atoms with van der Waals surface area (Å²) < 4.78 is 0. The van der Waals surface area contributed by atoms with E-state index >= 15 is 0 Å². The highest BCUT2D eigenvalue weighted by Gasteiger charge is 2.26. The first-order valence-electron chi connectivity index (χ1n) is 6.56. The largest absolute Gasteiger partial charge is 0.335 e. The van der Waals surface area contributed by atoms with Crippen LogP contribution >= 0.6 is 0 Å². The fourth-order valence-electron chi connectivity index (χ4n) is 2.68. The van der Waals surface area contributed by atoms with Crippen molar-refractivity contribution in [2.24, 2.45) is 11.7 Å². The maximum Gasteiger partial charge on any atom is 0.315 e. The summed E-state index contributed by atoms with van der Waals surface area (Å²) in [5.74, 6) is 0.595. The predicted molar refractivity (Wildman–Crippen MR) is 64.1 cm³/mol. The summed E-state index contributed by atoms with van der Waals surface area (Å²) in [5, 5.41) is 6.03. The lowest BCUT2D eigenvalue weighted by Crippen LogP contribution is -2.52. The number of carbonyl (C=O) groups excluding carboxylic acids is 1. The molecule has 92 valence electrons. The van der Waals surface area contributed by atoms with Crippen molar-refractivity contribution in [1.82, 2.24) is 10.6 Å². The van der Waals surface area contributed by atoms with Gasteiger partial charge >= 0.3 is 6.03 Å². The van der Waals surface area contributed by atoms with E-state index in [2.05, 4.69) is 10.6 Å². The quantitative estimate of drug-likeness (QED) is 0.676. The molecule has 2 rings (SSSR count). The van der Waals surface area contributed by atoms with Crippen LogP contribution in [0.5, 0.6) is 0 Å². The molecule has 2 aliphatic carbocycles. The minimum atomic E-state index is -0.0212. The van der Waals surface area contributed by atoms with Crippen molar-refractivity contribution in [3.8, 4) is 0 Å². The Morgan fingerprint density at radius 1 is 1.19 bits per heavy atom. The fraction of sp³-hybridized carbons (Fsp3) is 0.917. The van der Waals surface area contributed by atoms with E-state index in [9.17, 15) is 4.79 Å². The molecule has 0 aromatic heterocycles. The number of carbonyl (C=O) groups is 1. The number of hydrogen-bond donors (Lipinski definition) is 3. The number of hydrogen-bond acceptors (Lipinski definition) is 2. The summed E-state index contributed by atoms with van der Waals surface area (Å²) in [4.78, 5) is 11.7. The third-order valence-corrected chi connectivity index (χ3v) is 3.98. The lowest BCUT2D eigenvalue weighted by molar-refractivity contribution is 0.219. The molecule has 0 bridgehead atoms. The molecule has 16 heavy (non-hydrogen) atoms. The van der Waals surface area contributed by atoms with Gasteiger partial charge in [-0.15, -0.1) is 0 Å². The number of nitrogens with two attached hydrogens (primary N) is 1. The van der Waals surface area contributed by atoms with Gasteiger partial charge in [-0.2, -0.15) is 0 Å². The zero-order valence-corrected chi connectivity index (χ0v) is 9.87. The van der Waals surface area contributed by atoms with Crippen molar-refractivity contribution in [3.05, 3.63) is 0 Å². The summed E-state index contributed by atoms with van der Waals surface area (Å²) in [7, 11) is 0. The van der Waals surface area contributed by atoms with Gasteiger partial charge in [0.15, 0.2) is 0 Å². The second-order valence-electron chi connectivity index (χ2n) is 5.13. The third-order valence-electron chi connectivity index (χ3n) is 3.98. The molecular weight excluding hydrogens is 202 g/mol. The van der Waals surface area contributed by atoms with E-state index in [-0.39, 0.29) is 12.1 Å². The highest BCUT2D eigenvalue weighted by Crippen LogP contribution is 2.27. The molecule has 0 heterocycles. The molecule has 4 nitrogen and oxygen atoms in total. The van der Waals surface area contributed by atoms with Crippen molar-refractivity contribution in [3.63, 3.8) is 0 Å². The van der Waals surface area contributed by atoms with Gasteiger partial charge in [0.25, 0.3) is 0 Å². The van der Waals surface area contributed by atoms with E-state index in [1.54, 1.807) is 0 Å². The van der Waals surface area contributed by atoms with Gasteiger partial charge in [-0.3, -0.25) is 0 Å². The summed E-state index contributed by atoms with van der Waals surface area (Å²) >= 11 is 0. The maximum absolute atomic E-state index is 11.7. The first-order valence-corrected chi connectivity index (χ1v) is 6.56. The standard InChI is InChI=1S/C12H23N3O/c13-8-11(9-4-1-2-5-9)15-12(16)14-10-6-3-7-10/h9-11H,1-8,13H2,(H2,14,15,16). The summed E-state index contributed by atoms with van der Waals surface area (Å²) in [6.07, 6.45) is 8.50. The maximum atomic E-state index is 11.7. The van der Waals surface area contributed by atoms with Gasteiger partial charge in [-0.25, -0.2) is 4.79 Å². The highest BCUT2D eigenvalue weighted by atomic mass is 16.2. The van der Waals surface area contributed by atoms with E-state index in [1.165, 1.54) is 32.1 Å². The molecular formula is C12H23N3O. The van der Waals surface area contributed by atoms with Crippen LogP contribution in [-0.4, -0.2) is 24.7 Å². The Morgan fingerprint density at radius 2 is 1.88 bits per heavy atom. The molecule has 1 unspecified atom stereocenters. The molecule has 0 aliphatic heterocycles. The van der Waals surface area contributed by atoms with E-state index in [0.717, 1.165) is 12.8 Å².